The minimum atomic E-state index is -4.74. The van der Waals surface area contributed by atoms with E-state index in [-0.39, 0.29) is 17.9 Å². The molecule has 0 aliphatic carbocycles. The van der Waals surface area contributed by atoms with Crippen molar-refractivity contribution in [3.05, 3.63) is 35.7 Å². The van der Waals surface area contributed by atoms with Crippen molar-refractivity contribution in [1.29, 1.82) is 0 Å². The number of alkyl halides is 3. The van der Waals surface area contributed by atoms with E-state index in [1.165, 1.54) is 24.3 Å². The van der Waals surface area contributed by atoms with Crippen molar-refractivity contribution in [3.63, 3.8) is 0 Å². The Bertz CT molecular complexity index is 897. The van der Waals surface area contributed by atoms with Crippen LogP contribution in [0.25, 0.3) is 11.4 Å². The molecule has 2 aromatic rings. The van der Waals surface area contributed by atoms with Crippen molar-refractivity contribution in [2.24, 2.45) is 0 Å². The van der Waals surface area contributed by atoms with E-state index >= 15 is 0 Å². The molecule has 1 heterocycles. The lowest BCUT2D eigenvalue weighted by Gasteiger charge is -2.28. The van der Waals surface area contributed by atoms with E-state index in [1.807, 2.05) is 0 Å². The van der Waals surface area contributed by atoms with Gasteiger partial charge < -0.3 is 14.0 Å². The average Bonchev–Trinajstić information content (AvgIpc) is 3.07. The molecule has 1 aromatic carbocycles. The Morgan fingerprint density at radius 2 is 1.42 bits per heavy atom. The van der Waals surface area contributed by atoms with Crippen LogP contribution in [0.4, 0.5) is 22.8 Å². The predicted molar refractivity (Wildman–Crippen MR) is 103 cm³/mol. The number of hydrogen-bond acceptors (Lipinski definition) is 7. The van der Waals surface area contributed by atoms with Gasteiger partial charge >= 0.3 is 24.3 Å². The van der Waals surface area contributed by atoms with E-state index in [0.717, 1.165) is 4.90 Å². The number of carbonyl (C=O) groups excluding carboxylic acids is 2. The van der Waals surface area contributed by atoms with E-state index < -0.39 is 35.5 Å². The topological polar surface area (TPSA) is 94.8 Å². The number of carbonyl (C=O) groups is 2. The van der Waals surface area contributed by atoms with Gasteiger partial charge in [-0.05, 0) is 47.1 Å². The van der Waals surface area contributed by atoms with Gasteiger partial charge in [0, 0.05) is 5.56 Å². The van der Waals surface area contributed by atoms with Gasteiger partial charge in [-0.25, -0.2) is 14.5 Å². The quantitative estimate of drug-likeness (QED) is 0.624. The molecule has 31 heavy (non-hydrogen) atoms. The van der Waals surface area contributed by atoms with E-state index in [2.05, 4.69) is 14.7 Å². The Hall–Kier alpha value is -3.11. The molecule has 0 aliphatic heterocycles. The molecule has 11 heteroatoms. The van der Waals surface area contributed by atoms with E-state index in [0.29, 0.717) is 5.56 Å². The lowest BCUT2D eigenvalue weighted by Crippen LogP contribution is -2.43. The summed E-state index contributed by atoms with van der Waals surface area (Å²) in [6.07, 6.45) is -6.52. The molecule has 0 saturated carbocycles. The molecule has 2 rings (SSSR count). The molecule has 0 N–H and O–H groups in total. The molecule has 0 saturated heterocycles. The van der Waals surface area contributed by atoms with Crippen molar-refractivity contribution < 1.29 is 36.8 Å². The molecule has 170 valence electrons. The summed E-state index contributed by atoms with van der Waals surface area (Å²) in [6.45, 7) is 9.78. The Labute approximate surface area is 177 Å². The fraction of sp³-hybridized carbons (Fsp3) is 0.500. The van der Waals surface area contributed by atoms with Gasteiger partial charge in [-0.2, -0.15) is 18.2 Å². The molecule has 0 fully saturated rings. The molecule has 0 unspecified atom stereocenters. The minimum Gasteiger partial charge on any atom is -0.443 e. The second-order valence-electron chi connectivity index (χ2n) is 8.66. The van der Waals surface area contributed by atoms with E-state index in [9.17, 15) is 22.8 Å². The first-order valence-corrected chi connectivity index (χ1v) is 9.29. The van der Waals surface area contributed by atoms with Gasteiger partial charge in [0.15, 0.2) is 0 Å². The largest absolute Gasteiger partial charge is 0.471 e. The lowest BCUT2D eigenvalue weighted by molar-refractivity contribution is -0.159. The van der Waals surface area contributed by atoms with Crippen LogP contribution in [0.5, 0.6) is 0 Å². The fourth-order valence-electron chi connectivity index (χ4n) is 2.24. The highest BCUT2D eigenvalue weighted by Gasteiger charge is 2.38. The standard InChI is InChI=1S/C20H24F3N3O5/c1-18(2,3)29-16(27)26(17(28)30-19(4,5)6)11-12-7-9-13(10-8-12)14-24-15(31-25-14)20(21,22)23/h7-10H,11H2,1-6H3. The number of rotatable bonds is 3. The van der Waals surface area contributed by atoms with Crippen LogP contribution in [-0.2, 0) is 22.2 Å². The van der Waals surface area contributed by atoms with Crippen molar-refractivity contribution in [1.82, 2.24) is 15.0 Å². The number of ether oxygens (including phenoxy) is 2. The molecule has 2 amide bonds. The molecule has 8 nitrogen and oxygen atoms in total. The molecule has 0 atom stereocenters. The molecule has 0 radical (unpaired) electrons. The zero-order valence-corrected chi connectivity index (χ0v) is 18.0. The van der Waals surface area contributed by atoms with Crippen LogP contribution in [0.2, 0.25) is 0 Å². The number of benzene rings is 1. The first-order chi connectivity index (χ1) is 14.0. The number of aromatic nitrogens is 2. The van der Waals surface area contributed by atoms with Gasteiger partial charge in [0.05, 0.1) is 6.54 Å². The van der Waals surface area contributed by atoms with Gasteiger partial charge in [-0.15, -0.1) is 0 Å². The zero-order valence-electron chi connectivity index (χ0n) is 18.0. The molecule has 0 bridgehead atoms. The van der Waals surface area contributed by atoms with Crippen LogP contribution in [-0.4, -0.2) is 38.4 Å². The zero-order chi connectivity index (χ0) is 23.6. The third-order valence-electron chi connectivity index (χ3n) is 3.45. The molecule has 0 aliphatic rings. The first kappa shape index (κ1) is 24.2. The van der Waals surface area contributed by atoms with E-state index in [4.69, 9.17) is 9.47 Å². The maximum absolute atomic E-state index is 12.6. The van der Waals surface area contributed by atoms with Crippen LogP contribution < -0.4 is 0 Å². The normalized spacial score (nSPS) is 12.4. The number of halogens is 3. The second-order valence-corrected chi connectivity index (χ2v) is 8.66. The number of amides is 2. The summed E-state index contributed by atoms with van der Waals surface area (Å²) < 4.78 is 52.6. The molecule has 0 spiro atoms. The van der Waals surface area contributed by atoms with Gasteiger partial charge in [-0.3, -0.25) is 0 Å². The summed E-state index contributed by atoms with van der Waals surface area (Å²) in [6, 6.07) is 5.92. The number of nitrogens with zero attached hydrogens (tertiary/aromatic N) is 3. The second kappa shape index (κ2) is 8.56. The predicted octanol–water partition coefficient (Wildman–Crippen LogP) is 5.43. The summed E-state index contributed by atoms with van der Waals surface area (Å²) in [4.78, 5) is 29.2. The Kier molecular flexibility index (Phi) is 6.67. The summed E-state index contributed by atoms with van der Waals surface area (Å²) in [5, 5.41) is 3.32. The average molecular weight is 443 g/mol. The highest BCUT2D eigenvalue weighted by atomic mass is 19.4. The first-order valence-electron chi connectivity index (χ1n) is 9.29. The Morgan fingerprint density at radius 3 is 1.81 bits per heavy atom. The third-order valence-corrected chi connectivity index (χ3v) is 3.45. The van der Waals surface area contributed by atoms with Gasteiger partial charge in [0.2, 0.25) is 5.82 Å². The highest BCUT2D eigenvalue weighted by molar-refractivity contribution is 5.88. The Morgan fingerprint density at radius 1 is 0.935 bits per heavy atom. The maximum atomic E-state index is 12.6. The van der Waals surface area contributed by atoms with Crippen molar-refractivity contribution >= 4 is 12.2 Å². The number of hydrogen-bond donors (Lipinski definition) is 0. The molecular weight excluding hydrogens is 419 g/mol. The summed E-state index contributed by atoms with van der Waals surface area (Å²) in [5.41, 5.74) is -0.907. The van der Waals surface area contributed by atoms with Gasteiger partial charge in [-0.1, -0.05) is 29.4 Å². The number of imide groups is 1. The minimum absolute atomic E-state index is 0.176. The lowest BCUT2D eigenvalue weighted by atomic mass is 10.1. The van der Waals surface area contributed by atoms with Crippen LogP contribution in [0.1, 0.15) is 53.0 Å². The van der Waals surface area contributed by atoms with Crippen LogP contribution >= 0.6 is 0 Å². The van der Waals surface area contributed by atoms with Crippen LogP contribution in [0.15, 0.2) is 28.8 Å². The van der Waals surface area contributed by atoms with Crippen molar-refractivity contribution in [3.8, 4) is 11.4 Å². The SMILES string of the molecule is CC(C)(C)OC(=O)N(Cc1ccc(-c2noc(C(F)(F)F)n2)cc1)C(=O)OC(C)(C)C. The van der Waals surface area contributed by atoms with Gasteiger partial charge in [0.1, 0.15) is 11.2 Å². The Balaban J connectivity index is 2.22. The van der Waals surface area contributed by atoms with Crippen molar-refractivity contribution in [2.75, 3.05) is 0 Å². The van der Waals surface area contributed by atoms with Gasteiger partial charge in [0.25, 0.3) is 0 Å². The van der Waals surface area contributed by atoms with Crippen molar-refractivity contribution in [2.45, 2.75) is 65.5 Å². The fourth-order valence-corrected chi connectivity index (χ4v) is 2.24. The summed E-state index contributed by atoms with van der Waals surface area (Å²) in [7, 11) is 0. The third kappa shape index (κ3) is 7.26. The molecular formula is C20H24F3N3O5. The smallest absolute Gasteiger partial charge is 0.443 e. The van der Waals surface area contributed by atoms with Crippen LogP contribution in [0, 0.1) is 0 Å². The van der Waals surface area contributed by atoms with E-state index in [1.54, 1.807) is 41.5 Å². The monoisotopic (exact) mass is 443 g/mol. The maximum Gasteiger partial charge on any atom is 0.471 e. The highest BCUT2D eigenvalue weighted by Crippen LogP contribution is 2.29. The van der Waals surface area contributed by atoms with Crippen LogP contribution in [0.3, 0.4) is 0 Å². The summed E-state index contributed by atoms with van der Waals surface area (Å²) in [5.74, 6) is -1.69. The molecule has 1 aromatic heterocycles. The summed E-state index contributed by atoms with van der Waals surface area (Å²) >= 11 is 0.